The molecule has 90 valence electrons. The molecule has 0 aromatic carbocycles. The normalized spacial score (nSPS) is 26.8. The van der Waals surface area contributed by atoms with E-state index in [9.17, 15) is 0 Å². The number of hydrogen-bond donors (Lipinski definition) is 2. The van der Waals surface area contributed by atoms with E-state index >= 15 is 0 Å². The van der Waals surface area contributed by atoms with Gasteiger partial charge in [0.15, 0.2) is 5.96 Å². The molecule has 1 saturated heterocycles. The van der Waals surface area contributed by atoms with Gasteiger partial charge in [-0.25, -0.2) is 0 Å². The minimum atomic E-state index is 0.749. The van der Waals surface area contributed by atoms with Gasteiger partial charge < -0.3 is 15.5 Å². The Morgan fingerprint density at radius 2 is 2.06 bits per heavy atom. The van der Waals surface area contributed by atoms with Crippen LogP contribution in [0.5, 0.6) is 0 Å². The van der Waals surface area contributed by atoms with Gasteiger partial charge in [0.05, 0.1) is 6.54 Å². The third-order valence-corrected chi connectivity index (χ3v) is 3.84. The Kier molecular flexibility index (Phi) is 3.00. The molecule has 4 nitrogen and oxygen atoms in total. The van der Waals surface area contributed by atoms with Crippen molar-refractivity contribution in [2.45, 2.75) is 31.7 Å². The zero-order valence-electron chi connectivity index (χ0n) is 9.91. The zero-order valence-corrected chi connectivity index (χ0v) is 9.91. The Balaban J connectivity index is 1.40. The first-order valence-corrected chi connectivity index (χ1v) is 6.68. The number of likely N-dealkylation sites (tertiary alicyclic amines) is 1. The number of aliphatic imine (C=N–C) groups is 1. The molecule has 1 saturated carbocycles. The van der Waals surface area contributed by atoms with Crippen molar-refractivity contribution in [3.63, 3.8) is 0 Å². The van der Waals surface area contributed by atoms with Crippen molar-refractivity contribution < 1.29 is 0 Å². The highest BCUT2D eigenvalue weighted by Gasteiger charge is 2.25. The van der Waals surface area contributed by atoms with E-state index in [0.717, 1.165) is 44.1 Å². The van der Waals surface area contributed by atoms with Crippen molar-refractivity contribution in [1.29, 1.82) is 0 Å². The Morgan fingerprint density at radius 1 is 1.25 bits per heavy atom. The number of hydrogen-bond acceptors (Lipinski definition) is 4. The van der Waals surface area contributed by atoms with Gasteiger partial charge in [-0.1, -0.05) is 0 Å². The molecule has 0 radical (unpaired) electrons. The average Bonchev–Trinajstić information content (AvgIpc) is 3.00. The van der Waals surface area contributed by atoms with E-state index < -0.39 is 0 Å². The van der Waals surface area contributed by atoms with Gasteiger partial charge in [-0.15, -0.1) is 0 Å². The summed E-state index contributed by atoms with van der Waals surface area (Å²) in [5, 5.41) is 7.06. The van der Waals surface area contributed by atoms with Crippen LogP contribution in [0, 0.1) is 5.92 Å². The third-order valence-electron chi connectivity index (χ3n) is 3.84. The van der Waals surface area contributed by atoms with E-state index in [4.69, 9.17) is 0 Å². The molecule has 1 aliphatic carbocycles. The van der Waals surface area contributed by atoms with Crippen LogP contribution in [0.25, 0.3) is 0 Å². The molecule has 0 unspecified atom stereocenters. The maximum absolute atomic E-state index is 4.48. The second-order valence-electron chi connectivity index (χ2n) is 5.25. The number of nitrogens with one attached hydrogen (secondary N) is 2. The van der Waals surface area contributed by atoms with Crippen molar-refractivity contribution in [3.8, 4) is 0 Å². The maximum Gasteiger partial charge on any atom is 0.194 e. The summed E-state index contributed by atoms with van der Waals surface area (Å²) in [6.45, 7) is 5.55. The predicted molar refractivity (Wildman–Crippen MR) is 65.6 cm³/mol. The maximum atomic E-state index is 4.48. The van der Waals surface area contributed by atoms with E-state index in [1.54, 1.807) is 0 Å². The molecular formula is C12H22N4. The number of piperidine rings is 1. The van der Waals surface area contributed by atoms with E-state index in [1.807, 2.05) is 0 Å². The second-order valence-corrected chi connectivity index (χ2v) is 5.25. The summed E-state index contributed by atoms with van der Waals surface area (Å²) in [7, 11) is 0. The third kappa shape index (κ3) is 2.48. The fourth-order valence-electron chi connectivity index (χ4n) is 2.55. The molecule has 0 aromatic heterocycles. The summed E-state index contributed by atoms with van der Waals surface area (Å²) in [5.41, 5.74) is 0. The molecule has 0 amide bonds. The summed E-state index contributed by atoms with van der Waals surface area (Å²) in [5.74, 6) is 2.14. The molecule has 2 heterocycles. The number of rotatable bonds is 3. The van der Waals surface area contributed by atoms with Crippen LogP contribution < -0.4 is 10.6 Å². The Bertz CT molecular complexity index is 264. The largest absolute Gasteiger partial charge is 0.354 e. The van der Waals surface area contributed by atoms with Gasteiger partial charge in [0, 0.05) is 25.7 Å². The predicted octanol–water partition coefficient (Wildman–Crippen LogP) is 0.410. The molecule has 0 bridgehead atoms. The first-order valence-electron chi connectivity index (χ1n) is 6.68. The van der Waals surface area contributed by atoms with Gasteiger partial charge in [0.25, 0.3) is 0 Å². The molecule has 16 heavy (non-hydrogen) atoms. The monoisotopic (exact) mass is 222 g/mol. The van der Waals surface area contributed by atoms with E-state index in [1.165, 1.54) is 32.2 Å². The van der Waals surface area contributed by atoms with Crippen molar-refractivity contribution in [1.82, 2.24) is 15.5 Å². The topological polar surface area (TPSA) is 39.7 Å². The second kappa shape index (κ2) is 4.62. The SMILES string of the molecule is C1CNC(N2CCC(NCC3CC3)CC2)=N1. The zero-order chi connectivity index (χ0) is 10.8. The van der Waals surface area contributed by atoms with E-state index in [-0.39, 0.29) is 0 Å². The average molecular weight is 222 g/mol. The van der Waals surface area contributed by atoms with Crippen LogP contribution in [0.1, 0.15) is 25.7 Å². The van der Waals surface area contributed by atoms with Crippen LogP contribution in [0.4, 0.5) is 0 Å². The molecule has 0 spiro atoms. The fraction of sp³-hybridized carbons (Fsp3) is 0.917. The van der Waals surface area contributed by atoms with Crippen LogP contribution in [0.2, 0.25) is 0 Å². The first kappa shape index (κ1) is 10.4. The lowest BCUT2D eigenvalue weighted by atomic mass is 10.1. The minimum absolute atomic E-state index is 0.749. The molecule has 0 atom stereocenters. The number of guanidine groups is 1. The van der Waals surface area contributed by atoms with Crippen LogP contribution in [0.3, 0.4) is 0 Å². The summed E-state index contributed by atoms with van der Waals surface area (Å²) < 4.78 is 0. The quantitative estimate of drug-likeness (QED) is 0.726. The fourth-order valence-corrected chi connectivity index (χ4v) is 2.55. The highest BCUT2D eigenvalue weighted by Crippen LogP contribution is 2.28. The van der Waals surface area contributed by atoms with Gasteiger partial charge in [-0.05, 0) is 38.1 Å². The smallest absolute Gasteiger partial charge is 0.194 e. The highest BCUT2D eigenvalue weighted by atomic mass is 15.3. The molecule has 2 fully saturated rings. The summed E-state index contributed by atoms with van der Waals surface area (Å²) >= 11 is 0. The molecular weight excluding hydrogens is 200 g/mol. The highest BCUT2D eigenvalue weighted by molar-refractivity contribution is 5.81. The number of nitrogens with zero attached hydrogens (tertiary/aromatic N) is 2. The Labute approximate surface area is 97.5 Å². The van der Waals surface area contributed by atoms with Crippen molar-refractivity contribution in [2.75, 3.05) is 32.7 Å². The lowest BCUT2D eigenvalue weighted by Gasteiger charge is -2.33. The minimum Gasteiger partial charge on any atom is -0.354 e. The van der Waals surface area contributed by atoms with Gasteiger partial charge >= 0.3 is 0 Å². The molecule has 2 aliphatic heterocycles. The van der Waals surface area contributed by atoms with Crippen LogP contribution in [-0.4, -0.2) is 49.6 Å². The molecule has 0 aromatic rings. The van der Waals surface area contributed by atoms with Crippen molar-refractivity contribution >= 4 is 5.96 Å². The Hall–Kier alpha value is -0.770. The van der Waals surface area contributed by atoms with Gasteiger partial charge in [-0.2, -0.15) is 0 Å². The summed E-state index contributed by atoms with van der Waals surface area (Å²) in [6.07, 6.45) is 5.44. The van der Waals surface area contributed by atoms with Gasteiger partial charge in [0.1, 0.15) is 0 Å². The molecule has 3 aliphatic rings. The lowest BCUT2D eigenvalue weighted by Crippen LogP contribution is -2.48. The van der Waals surface area contributed by atoms with E-state index in [0.29, 0.717) is 0 Å². The summed E-state index contributed by atoms with van der Waals surface area (Å²) in [4.78, 5) is 6.88. The van der Waals surface area contributed by atoms with Crippen LogP contribution in [0.15, 0.2) is 4.99 Å². The van der Waals surface area contributed by atoms with Crippen LogP contribution >= 0.6 is 0 Å². The summed E-state index contributed by atoms with van der Waals surface area (Å²) in [6, 6.07) is 0.749. The van der Waals surface area contributed by atoms with Gasteiger partial charge in [0.2, 0.25) is 0 Å². The standard InChI is InChI=1S/C12H22N4/c1-2-10(1)9-15-11-3-7-16(8-4-11)12-13-5-6-14-12/h10-11,15H,1-9H2,(H,13,14). The first-order chi connectivity index (χ1) is 7.92. The van der Waals surface area contributed by atoms with Crippen molar-refractivity contribution in [2.24, 2.45) is 10.9 Å². The van der Waals surface area contributed by atoms with Crippen molar-refractivity contribution in [3.05, 3.63) is 0 Å². The van der Waals surface area contributed by atoms with Crippen LogP contribution in [-0.2, 0) is 0 Å². The molecule has 3 rings (SSSR count). The lowest BCUT2D eigenvalue weighted by molar-refractivity contribution is 0.277. The molecule has 2 N–H and O–H groups in total. The van der Waals surface area contributed by atoms with E-state index in [2.05, 4.69) is 20.5 Å². The Morgan fingerprint density at radius 3 is 2.69 bits per heavy atom. The van der Waals surface area contributed by atoms with Gasteiger partial charge in [-0.3, -0.25) is 4.99 Å². The molecule has 4 heteroatoms.